The smallest absolute Gasteiger partial charge is 0.311 e. The van der Waals surface area contributed by atoms with Gasteiger partial charge in [-0.2, -0.15) is 0 Å². The summed E-state index contributed by atoms with van der Waals surface area (Å²) in [5, 5.41) is 33.5. The molecule has 1 unspecified atom stereocenters. The molecule has 3 heterocycles. The minimum absolute atomic E-state index is 0.0379. The van der Waals surface area contributed by atoms with Crippen molar-refractivity contribution in [2.24, 2.45) is 35.5 Å². The number of aliphatic hydroxyl groups is 2. The topological polar surface area (TPSA) is 229 Å². The van der Waals surface area contributed by atoms with Crippen molar-refractivity contribution in [3.63, 3.8) is 0 Å². The molecule has 19 atom stereocenters. The molecule has 0 aliphatic carbocycles. The first kappa shape index (κ1) is 49.6. The summed E-state index contributed by atoms with van der Waals surface area (Å²) in [4.78, 5) is 65.7. The van der Waals surface area contributed by atoms with E-state index in [9.17, 15) is 39.3 Å². The third-order valence-electron chi connectivity index (χ3n) is 12.3. The van der Waals surface area contributed by atoms with Gasteiger partial charge in [-0.3, -0.25) is 24.0 Å². The number of ether oxygens (including phenoxy) is 9. The molecule has 334 valence electrons. The van der Waals surface area contributed by atoms with Gasteiger partial charge in [0, 0.05) is 52.7 Å². The Hall–Kier alpha value is -2.77. The highest BCUT2D eigenvalue weighted by Crippen LogP contribution is 2.41. The number of esters is 3. The van der Waals surface area contributed by atoms with E-state index in [0.717, 1.165) is 6.92 Å². The molecule has 0 aromatic heterocycles. The zero-order chi connectivity index (χ0) is 44.2. The van der Waals surface area contributed by atoms with Crippen molar-refractivity contribution < 1.29 is 81.9 Å². The highest BCUT2D eigenvalue weighted by atomic mass is 16.7. The highest BCUT2D eigenvalue weighted by Gasteiger charge is 2.53. The fraction of sp³-hybridized carbons (Fsp3) is 0.878. The minimum atomic E-state index is -2.06. The number of carbonyl (C=O) groups excluding carboxylic acids is 4. The zero-order valence-electron chi connectivity index (χ0n) is 36.5. The molecule has 0 saturated carbocycles. The van der Waals surface area contributed by atoms with Gasteiger partial charge in [-0.1, -0.05) is 27.7 Å². The van der Waals surface area contributed by atoms with Gasteiger partial charge in [0.25, 0.3) is 0 Å². The maximum atomic E-state index is 14.5. The summed E-state index contributed by atoms with van der Waals surface area (Å²) in [5.74, 6) is -10.4. The maximum Gasteiger partial charge on any atom is 0.311 e. The van der Waals surface area contributed by atoms with Crippen LogP contribution >= 0.6 is 0 Å². The van der Waals surface area contributed by atoms with Crippen LogP contribution in [0.3, 0.4) is 0 Å². The molecule has 17 heteroatoms. The van der Waals surface area contributed by atoms with Crippen LogP contribution in [0.15, 0.2) is 0 Å². The zero-order valence-corrected chi connectivity index (χ0v) is 36.5. The van der Waals surface area contributed by atoms with Crippen LogP contribution in [0.4, 0.5) is 0 Å². The molecule has 0 aromatic rings. The number of hydrogen-bond acceptors (Lipinski definition) is 16. The molecular formula is C41H68O17. The summed E-state index contributed by atoms with van der Waals surface area (Å²) in [6, 6.07) is 0. The van der Waals surface area contributed by atoms with Crippen LogP contribution < -0.4 is 0 Å². The maximum absolute atomic E-state index is 14.5. The van der Waals surface area contributed by atoms with E-state index in [1.807, 2.05) is 0 Å². The van der Waals surface area contributed by atoms with E-state index < -0.39 is 144 Å². The summed E-state index contributed by atoms with van der Waals surface area (Å²) in [6.45, 7) is 18.4. The van der Waals surface area contributed by atoms with Crippen molar-refractivity contribution in [2.45, 2.75) is 181 Å². The van der Waals surface area contributed by atoms with Gasteiger partial charge < -0.3 is 58.0 Å². The molecule has 0 spiro atoms. The summed E-state index contributed by atoms with van der Waals surface area (Å²) in [7, 11) is 2.93. The summed E-state index contributed by atoms with van der Waals surface area (Å²) in [6.07, 6.45) is -10.8. The molecular weight excluding hydrogens is 764 g/mol. The Bertz CT molecular complexity index is 1440. The molecule has 3 fully saturated rings. The molecule has 17 nitrogen and oxygen atoms in total. The average Bonchev–Trinajstić information content (AvgIpc) is 3.13. The van der Waals surface area contributed by atoms with Gasteiger partial charge in [-0.05, 0) is 53.9 Å². The van der Waals surface area contributed by atoms with E-state index in [-0.39, 0.29) is 12.8 Å². The first-order valence-electron chi connectivity index (χ1n) is 20.2. The molecule has 0 bridgehead atoms. The summed E-state index contributed by atoms with van der Waals surface area (Å²) in [5.41, 5.74) is -3.16. The number of ketones is 1. The lowest BCUT2D eigenvalue weighted by atomic mass is 9.74. The van der Waals surface area contributed by atoms with Gasteiger partial charge in [0.15, 0.2) is 24.5 Å². The molecule has 3 rings (SSSR count). The Labute approximate surface area is 342 Å². The highest BCUT2D eigenvalue weighted by molar-refractivity contribution is 5.89. The van der Waals surface area contributed by atoms with E-state index in [1.54, 1.807) is 41.5 Å². The van der Waals surface area contributed by atoms with Gasteiger partial charge >= 0.3 is 23.9 Å². The molecule has 3 saturated heterocycles. The van der Waals surface area contributed by atoms with E-state index >= 15 is 0 Å². The van der Waals surface area contributed by atoms with Crippen LogP contribution in [0.1, 0.15) is 102 Å². The number of carbonyl (C=O) groups is 5. The van der Waals surface area contributed by atoms with Gasteiger partial charge in [-0.15, -0.1) is 0 Å². The average molecular weight is 833 g/mol. The molecule has 3 N–H and O–H groups in total. The Balaban J connectivity index is 2.25. The third-order valence-corrected chi connectivity index (χ3v) is 12.3. The van der Waals surface area contributed by atoms with E-state index in [1.165, 1.54) is 48.8 Å². The summed E-state index contributed by atoms with van der Waals surface area (Å²) >= 11 is 0. The fourth-order valence-corrected chi connectivity index (χ4v) is 9.03. The number of carboxylic acids is 1. The van der Waals surface area contributed by atoms with Crippen LogP contribution in [0.2, 0.25) is 0 Å². The first-order chi connectivity index (χ1) is 26.8. The van der Waals surface area contributed by atoms with Crippen LogP contribution in [-0.4, -0.2) is 138 Å². The number of rotatable bonds is 10. The molecule has 3 aliphatic heterocycles. The fourth-order valence-electron chi connectivity index (χ4n) is 9.03. The quantitative estimate of drug-likeness (QED) is 0.212. The van der Waals surface area contributed by atoms with E-state index in [4.69, 9.17) is 42.6 Å². The Kier molecular flexibility index (Phi) is 17.3. The molecule has 3 aliphatic rings. The monoisotopic (exact) mass is 832 g/mol. The molecule has 0 aromatic carbocycles. The van der Waals surface area contributed by atoms with Crippen molar-refractivity contribution >= 4 is 29.7 Å². The van der Waals surface area contributed by atoms with Gasteiger partial charge in [0.2, 0.25) is 0 Å². The largest absolute Gasteiger partial charge is 0.481 e. The number of aliphatic carboxylic acids is 1. The summed E-state index contributed by atoms with van der Waals surface area (Å²) < 4.78 is 54.4. The van der Waals surface area contributed by atoms with E-state index in [0.29, 0.717) is 6.42 Å². The van der Waals surface area contributed by atoms with Crippen LogP contribution in [0.5, 0.6) is 0 Å². The number of methoxy groups -OCH3 is 2. The van der Waals surface area contributed by atoms with Gasteiger partial charge in [0.1, 0.15) is 29.5 Å². The predicted octanol–water partition coefficient (Wildman–Crippen LogP) is 3.21. The Morgan fingerprint density at radius 3 is 1.97 bits per heavy atom. The molecule has 0 amide bonds. The standard InChI is InChI=1S/C41H68O17/c1-18-16-40(11,49)35(45)22(5)32(54-26(9)42)21(4)33(23(6)37(46)47)57-38(48)24(7)34(20(3)31(18)58-39-30(44)28(50-13)15-19(2)52-39)56-29-17-41(12,51-14)36(25(8)53-29)55-27(10)43/h18-25,28-34,36,39,44,49H,15-17H2,1-14H3,(H,46,47)/t18-,19+,20+,21+,22+,23+,24+,25-,28-,29-,30+,31?,32-,33-,34-,36+,39-,40-,41+/m0/s1. The van der Waals surface area contributed by atoms with Crippen molar-refractivity contribution in [3.8, 4) is 0 Å². The minimum Gasteiger partial charge on any atom is -0.481 e. The van der Waals surface area contributed by atoms with Crippen molar-refractivity contribution in [3.05, 3.63) is 0 Å². The number of hydrogen-bond donors (Lipinski definition) is 3. The second kappa shape index (κ2) is 20.2. The molecule has 58 heavy (non-hydrogen) atoms. The first-order valence-corrected chi connectivity index (χ1v) is 20.2. The second-order valence-electron chi connectivity index (χ2n) is 17.3. The number of Topliss-reactive ketones (excluding diaryl/α,β-unsaturated/α-hetero) is 1. The lowest BCUT2D eigenvalue weighted by molar-refractivity contribution is -0.313. The van der Waals surface area contributed by atoms with Crippen molar-refractivity contribution in [2.75, 3.05) is 14.2 Å². The molecule has 0 radical (unpaired) electrons. The number of cyclic esters (lactones) is 1. The Morgan fingerprint density at radius 2 is 1.43 bits per heavy atom. The van der Waals surface area contributed by atoms with Crippen molar-refractivity contribution in [1.82, 2.24) is 0 Å². The number of aliphatic hydroxyl groups excluding tert-OH is 1. The van der Waals surface area contributed by atoms with Gasteiger partial charge in [0.05, 0.1) is 48.3 Å². The van der Waals surface area contributed by atoms with Gasteiger partial charge in [-0.25, -0.2) is 0 Å². The number of carboxylic acid groups (broad SMARTS) is 1. The third kappa shape index (κ3) is 11.5. The predicted molar refractivity (Wildman–Crippen MR) is 204 cm³/mol. The SMILES string of the molecule is CO[C@H]1C[C@@H](C)O[C@@H](OC2[C@@H](C)[C@H](O[C@H]3C[C@@](C)(OC)[C@H](OC(C)=O)[C@H](C)O3)[C@@H](C)C(=O)O[C@H]([C@@H](C)C(=O)O)[C@H](C)[C@H](OC(C)=O)[C@@H](C)C(=O)[C@@](C)(O)C[C@@H]2C)[C@@H]1O. The normalized spacial score (nSPS) is 44.0. The Morgan fingerprint density at radius 1 is 0.828 bits per heavy atom. The lowest BCUT2D eigenvalue weighted by Crippen LogP contribution is -2.59. The van der Waals surface area contributed by atoms with Crippen LogP contribution in [0, 0.1) is 35.5 Å². The van der Waals surface area contributed by atoms with Crippen LogP contribution in [0.25, 0.3) is 0 Å². The van der Waals surface area contributed by atoms with Crippen LogP contribution in [-0.2, 0) is 66.6 Å². The van der Waals surface area contributed by atoms with Crippen molar-refractivity contribution in [1.29, 1.82) is 0 Å². The second-order valence-corrected chi connectivity index (χ2v) is 17.3. The lowest BCUT2D eigenvalue weighted by Gasteiger charge is -2.48. The van der Waals surface area contributed by atoms with E-state index in [2.05, 4.69) is 0 Å².